The van der Waals surface area contributed by atoms with Gasteiger partial charge in [-0.15, -0.1) is 0 Å². The van der Waals surface area contributed by atoms with E-state index in [1.807, 2.05) is 32.0 Å². The van der Waals surface area contributed by atoms with Gasteiger partial charge in [0.05, 0.1) is 5.56 Å². The number of aryl methyl sites for hydroxylation is 1. The zero-order valence-corrected chi connectivity index (χ0v) is 13.0. The normalized spacial score (nSPS) is 14.2. The summed E-state index contributed by atoms with van der Waals surface area (Å²) in [5, 5.41) is 2.92. The summed E-state index contributed by atoms with van der Waals surface area (Å²) >= 11 is 0. The van der Waals surface area contributed by atoms with Gasteiger partial charge >= 0.3 is 0 Å². The first kappa shape index (κ1) is 14.5. The van der Waals surface area contributed by atoms with E-state index in [1.54, 1.807) is 12.4 Å². The largest absolute Gasteiger partial charge is 0.341 e. The van der Waals surface area contributed by atoms with Gasteiger partial charge in [0.1, 0.15) is 0 Å². The van der Waals surface area contributed by atoms with Crippen LogP contribution in [0.25, 0.3) is 0 Å². The molecular formula is C17H20N4O. The minimum Gasteiger partial charge on any atom is -0.341 e. The Morgan fingerprint density at radius 1 is 1.14 bits per heavy atom. The van der Waals surface area contributed by atoms with Gasteiger partial charge in [0.2, 0.25) is 5.95 Å². The highest BCUT2D eigenvalue weighted by Gasteiger charge is 2.16. The van der Waals surface area contributed by atoms with Crippen LogP contribution < -0.4 is 10.2 Å². The van der Waals surface area contributed by atoms with Crippen LogP contribution in [0.3, 0.4) is 0 Å². The first-order valence-electron chi connectivity index (χ1n) is 7.60. The Balaban J connectivity index is 1.73. The summed E-state index contributed by atoms with van der Waals surface area (Å²) in [5.74, 6) is 0.530. The molecule has 1 saturated heterocycles. The van der Waals surface area contributed by atoms with E-state index in [4.69, 9.17) is 0 Å². The van der Waals surface area contributed by atoms with Crippen molar-refractivity contribution in [2.45, 2.75) is 26.7 Å². The van der Waals surface area contributed by atoms with E-state index in [0.29, 0.717) is 11.5 Å². The van der Waals surface area contributed by atoms with Gasteiger partial charge in [-0.05, 0) is 43.9 Å². The molecule has 2 aromatic rings. The van der Waals surface area contributed by atoms with Crippen LogP contribution in [0.1, 0.15) is 34.3 Å². The van der Waals surface area contributed by atoms with Crippen molar-refractivity contribution in [2.75, 3.05) is 23.3 Å². The molecular weight excluding hydrogens is 276 g/mol. The lowest BCUT2D eigenvalue weighted by Crippen LogP contribution is -2.21. The van der Waals surface area contributed by atoms with Crippen LogP contribution in [0.15, 0.2) is 30.6 Å². The van der Waals surface area contributed by atoms with Gasteiger partial charge in [0.15, 0.2) is 0 Å². The Morgan fingerprint density at radius 3 is 2.50 bits per heavy atom. The summed E-state index contributed by atoms with van der Waals surface area (Å²) in [6, 6.07) is 5.86. The summed E-state index contributed by atoms with van der Waals surface area (Å²) in [5.41, 5.74) is 3.53. The third-order valence-electron chi connectivity index (χ3n) is 4.14. The number of nitrogens with zero attached hydrogens (tertiary/aromatic N) is 3. The molecule has 1 N–H and O–H groups in total. The Labute approximate surface area is 130 Å². The molecule has 1 aromatic carbocycles. The van der Waals surface area contributed by atoms with Crippen LogP contribution in [0.2, 0.25) is 0 Å². The van der Waals surface area contributed by atoms with Gasteiger partial charge in [-0.1, -0.05) is 12.1 Å². The summed E-state index contributed by atoms with van der Waals surface area (Å²) in [6.07, 6.45) is 5.55. The maximum atomic E-state index is 12.3. The summed E-state index contributed by atoms with van der Waals surface area (Å²) in [7, 11) is 0. The van der Waals surface area contributed by atoms with Crippen LogP contribution >= 0.6 is 0 Å². The molecule has 114 valence electrons. The first-order chi connectivity index (χ1) is 10.6. The zero-order valence-electron chi connectivity index (χ0n) is 13.0. The Hall–Kier alpha value is -2.43. The third kappa shape index (κ3) is 2.93. The highest BCUT2D eigenvalue weighted by molar-refractivity contribution is 6.04. The van der Waals surface area contributed by atoms with E-state index in [0.717, 1.165) is 29.9 Å². The number of hydrogen-bond acceptors (Lipinski definition) is 4. The van der Waals surface area contributed by atoms with Crippen LogP contribution in [-0.4, -0.2) is 29.0 Å². The molecule has 1 fully saturated rings. The first-order valence-corrected chi connectivity index (χ1v) is 7.60. The number of carbonyl (C=O) groups is 1. The van der Waals surface area contributed by atoms with Crippen LogP contribution in [0.4, 0.5) is 11.6 Å². The number of hydrogen-bond donors (Lipinski definition) is 1. The average Bonchev–Trinajstić information content (AvgIpc) is 3.06. The molecule has 5 nitrogen and oxygen atoms in total. The second-order valence-electron chi connectivity index (χ2n) is 5.67. The molecule has 5 heteroatoms. The van der Waals surface area contributed by atoms with E-state index < -0.39 is 0 Å². The van der Waals surface area contributed by atoms with E-state index in [2.05, 4.69) is 20.2 Å². The molecule has 0 spiro atoms. The van der Waals surface area contributed by atoms with E-state index in [1.165, 1.54) is 12.8 Å². The molecule has 0 bridgehead atoms. The SMILES string of the molecule is Cc1cccc(NC(=O)c2cnc(N3CCCC3)nc2)c1C. The van der Waals surface area contributed by atoms with Crippen LogP contribution in [0.5, 0.6) is 0 Å². The van der Waals surface area contributed by atoms with Crippen molar-refractivity contribution in [3.05, 3.63) is 47.3 Å². The number of carbonyl (C=O) groups excluding carboxylic acids is 1. The third-order valence-corrected chi connectivity index (χ3v) is 4.14. The summed E-state index contributed by atoms with van der Waals surface area (Å²) in [4.78, 5) is 23.1. The lowest BCUT2D eigenvalue weighted by atomic mass is 10.1. The monoisotopic (exact) mass is 296 g/mol. The Kier molecular flexibility index (Phi) is 4.04. The number of benzene rings is 1. The second-order valence-corrected chi connectivity index (χ2v) is 5.67. The molecule has 1 aliphatic rings. The summed E-state index contributed by atoms with van der Waals surface area (Å²) in [6.45, 7) is 6.01. The molecule has 22 heavy (non-hydrogen) atoms. The quantitative estimate of drug-likeness (QED) is 0.946. The predicted molar refractivity (Wildman–Crippen MR) is 87.3 cm³/mol. The number of rotatable bonds is 3. The van der Waals surface area contributed by atoms with Crippen molar-refractivity contribution in [1.82, 2.24) is 9.97 Å². The molecule has 3 rings (SSSR count). The lowest BCUT2D eigenvalue weighted by molar-refractivity contribution is 0.102. The van der Waals surface area contributed by atoms with Gasteiger partial charge in [-0.3, -0.25) is 4.79 Å². The smallest absolute Gasteiger partial charge is 0.258 e. The van der Waals surface area contributed by atoms with Crippen molar-refractivity contribution in [3.8, 4) is 0 Å². The fourth-order valence-electron chi connectivity index (χ4n) is 2.60. The fraction of sp³-hybridized carbons (Fsp3) is 0.353. The maximum absolute atomic E-state index is 12.3. The molecule has 1 amide bonds. The van der Waals surface area contributed by atoms with E-state index in [9.17, 15) is 4.79 Å². The number of aromatic nitrogens is 2. The minimum atomic E-state index is -0.179. The van der Waals surface area contributed by atoms with Gasteiger partial charge < -0.3 is 10.2 Å². The van der Waals surface area contributed by atoms with Gasteiger partial charge in [0.25, 0.3) is 5.91 Å². The molecule has 0 unspecified atom stereocenters. The van der Waals surface area contributed by atoms with E-state index >= 15 is 0 Å². The van der Waals surface area contributed by atoms with E-state index in [-0.39, 0.29) is 5.91 Å². The fourth-order valence-corrected chi connectivity index (χ4v) is 2.60. The molecule has 0 radical (unpaired) electrons. The molecule has 1 aromatic heterocycles. The van der Waals surface area contributed by atoms with Crippen molar-refractivity contribution < 1.29 is 4.79 Å². The maximum Gasteiger partial charge on any atom is 0.258 e. The lowest BCUT2D eigenvalue weighted by Gasteiger charge is -2.15. The zero-order chi connectivity index (χ0) is 15.5. The molecule has 1 aliphatic heterocycles. The second kappa shape index (κ2) is 6.13. The highest BCUT2D eigenvalue weighted by Crippen LogP contribution is 2.19. The topological polar surface area (TPSA) is 58.1 Å². The van der Waals surface area contributed by atoms with Gasteiger partial charge in [0, 0.05) is 31.2 Å². The number of anilines is 2. The van der Waals surface area contributed by atoms with Crippen LogP contribution in [0, 0.1) is 13.8 Å². The molecule has 0 aliphatic carbocycles. The number of nitrogens with one attached hydrogen (secondary N) is 1. The Bertz CT molecular complexity index is 676. The Morgan fingerprint density at radius 2 is 1.82 bits per heavy atom. The minimum absolute atomic E-state index is 0.179. The highest BCUT2D eigenvalue weighted by atomic mass is 16.1. The van der Waals surface area contributed by atoms with Crippen molar-refractivity contribution in [3.63, 3.8) is 0 Å². The van der Waals surface area contributed by atoms with Crippen molar-refractivity contribution in [1.29, 1.82) is 0 Å². The standard InChI is InChI=1S/C17H20N4O/c1-12-6-5-7-15(13(12)2)20-16(22)14-10-18-17(19-11-14)21-8-3-4-9-21/h5-7,10-11H,3-4,8-9H2,1-2H3,(H,20,22). The molecule has 0 atom stereocenters. The summed E-state index contributed by atoms with van der Waals surface area (Å²) < 4.78 is 0. The predicted octanol–water partition coefficient (Wildman–Crippen LogP) is 2.95. The number of amides is 1. The molecule has 0 saturated carbocycles. The van der Waals surface area contributed by atoms with Crippen LogP contribution in [-0.2, 0) is 0 Å². The van der Waals surface area contributed by atoms with Gasteiger partial charge in [-0.2, -0.15) is 0 Å². The van der Waals surface area contributed by atoms with Crippen molar-refractivity contribution >= 4 is 17.5 Å². The molecule has 2 heterocycles. The van der Waals surface area contributed by atoms with Crippen molar-refractivity contribution in [2.24, 2.45) is 0 Å². The average molecular weight is 296 g/mol. The van der Waals surface area contributed by atoms with Gasteiger partial charge in [-0.25, -0.2) is 9.97 Å².